The maximum Gasteiger partial charge on any atom is 0.416 e. The molecule has 3 nitrogen and oxygen atoms in total. The molecular formula is C26H23F3O3. The number of halogens is 3. The minimum atomic E-state index is -4.35. The summed E-state index contributed by atoms with van der Waals surface area (Å²) in [5.74, 6) is 0.217. The number of alkyl halides is 3. The number of allylic oxidation sites excluding steroid dienone is 1. The number of benzene rings is 3. The number of esters is 1. The van der Waals surface area contributed by atoms with Crippen LogP contribution in [-0.4, -0.2) is 13.1 Å². The molecule has 0 aliphatic carbocycles. The summed E-state index contributed by atoms with van der Waals surface area (Å²) in [6.45, 7) is 4.08. The second-order valence-corrected chi connectivity index (χ2v) is 7.26. The lowest BCUT2D eigenvalue weighted by molar-refractivity contribution is -0.141. The van der Waals surface area contributed by atoms with E-state index in [0.29, 0.717) is 17.9 Å². The predicted molar refractivity (Wildman–Crippen MR) is 117 cm³/mol. The molecule has 0 bridgehead atoms. The molecule has 3 rings (SSSR count). The average molecular weight is 440 g/mol. The fourth-order valence-electron chi connectivity index (χ4n) is 3.27. The van der Waals surface area contributed by atoms with Gasteiger partial charge in [-0.2, -0.15) is 13.2 Å². The molecular weight excluding hydrogens is 417 g/mol. The second kappa shape index (κ2) is 10.2. The van der Waals surface area contributed by atoms with Crippen molar-refractivity contribution in [2.45, 2.75) is 25.1 Å². The van der Waals surface area contributed by atoms with Crippen molar-refractivity contribution in [2.24, 2.45) is 0 Å². The van der Waals surface area contributed by atoms with Crippen molar-refractivity contribution in [1.82, 2.24) is 0 Å². The van der Waals surface area contributed by atoms with E-state index in [1.54, 1.807) is 6.08 Å². The first-order valence-electron chi connectivity index (χ1n) is 9.99. The van der Waals surface area contributed by atoms with Gasteiger partial charge in [-0.3, -0.25) is 4.79 Å². The van der Waals surface area contributed by atoms with Crippen molar-refractivity contribution in [3.05, 3.63) is 102 Å². The van der Waals surface area contributed by atoms with Gasteiger partial charge in [0.2, 0.25) is 0 Å². The van der Waals surface area contributed by atoms with E-state index in [-0.39, 0.29) is 18.3 Å². The molecule has 166 valence electrons. The van der Waals surface area contributed by atoms with E-state index in [1.165, 1.54) is 19.2 Å². The maximum absolute atomic E-state index is 12.8. The molecule has 0 aromatic heterocycles. The molecule has 0 heterocycles. The quantitative estimate of drug-likeness (QED) is 0.286. The first-order chi connectivity index (χ1) is 15.3. The molecule has 0 N–H and O–H groups in total. The minimum Gasteiger partial charge on any atom is -0.489 e. The lowest BCUT2D eigenvalue weighted by Gasteiger charge is -2.13. The molecule has 3 aromatic carbocycles. The molecule has 0 saturated heterocycles. The predicted octanol–water partition coefficient (Wildman–Crippen LogP) is 6.78. The molecule has 0 radical (unpaired) electrons. The minimum absolute atomic E-state index is 0.142. The summed E-state index contributed by atoms with van der Waals surface area (Å²) in [5.41, 5.74) is 2.66. The van der Waals surface area contributed by atoms with Gasteiger partial charge in [0.05, 0.1) is 19.1 Å². The average Bonchev–Trinajstić information content (AvgIpc) is 2.81. The Morgan fingerprint density at radius 1 is 1.00 bits per heavy atom. The SMILES string of the molecule is C=C[C@@H](CC(=O)OC)c1ccc(OCc2cccc(-c3ccc(C(F)(F)F)cc3)c2)cc1. The first-order valence-corrected chi connectivity index (χ1v) is 9.99. The summed E-state index contributed by atoms with van der Waals surface area (Å²) in [4.78, 5) is 11.5. The number of methoxy groups -OCH3 is 1. The lowest BCUT2D eigenvalue weighted by atomic mass is 9.96. The van der Waals surface area contributed by atoms with Crippen LogP contribution in [0.15, 0.2) is 85.5 Å². The van der Waals surface area contributed by atoms with Gasteiger partial charge < -0.3 is 9.47 Å². The molecule has 0 unspecified atom stereocenters. The highest BCUT2D eigenvalue weighted by molar-refractivity contribution is 5.70. The van der Waals surface area contributed by atoms with Crippen LogP contribution in [-0.2, 0) is 22.3 Å². The molecule has 3 aromatic rings. The fraction of sp³-hybridized carbons (Fsp3) is 0.192. The van der Waals surface area contributed by atoms with Gasteiger partial charge in [0.1, 0.15) is 12.4 Å². The van der Waals surface area contributed by atoms with Crippen LogP contribution < -0.4 is 4.74 Å². The summed E-state index contributed by atoms with van der Waals surface area (Å²) < 4.78 is 48.9. The van der Waals surface area contributed by atoms with E-state index in [4.69, 9.17) is 9.47 Å². The zero-order valence-corrected chi connectivity index (χ0v) is 17.6. The third-order valence-corrected chi connectivity index (χ3v) is 5.09. The van der Waals surface area contributed by atoms with E-state index >= 15 is 0 Å². The number of hydrogen-bond donors (Lipinski definition) is 0. The maximum atomic E-state index is 12.8. The Hall–Kier alpha value is -3.54. The summed E-state index contributed by atoms with van der Waals surface area (Å²) in [6.07, 6.45) is -2.43. The number of hydrogen-bond acceptors (Lipinski definition) is 3. The van der Waals surface area contributed by atoms with Gasteiger partial charge in [-0.15, -0.1) is 6.58 Å². The van der Waals surface area contributed by atoms with Crippen molar-refractivity contribution < 1.29 is 27.4 Å². The van der Waals surface area contributed by atoms with Crippen LogP contribution in [0.2, 0.25) is 0 Å². The highest BCUT2D eigenvalue weighted by Crippen LogP contribution is 2.31. The highest BCUT2D eigenvalue weighted by atomic mass is 19.4. The van der Waals surface area contributed by atoms with Crippen LogP contribution in [0.5, 0.6) is 5.75 Å². The number of rotatable bonds is 8. The number of carbonyl (C=O) groups is 1. The highest BCUT2D eigenvalue weighted by Gasteiger charge is 2.29. The molecule has 0 amide bonds. The fourth-order valence-corrected chi connectivity index (χ4v) is 3.27. The second-order valence-electron chi connectivity index (χ2n) is 7.26. The third-order valence-electron chi connectivity index (χ3n) is 5.09. The zero-order chi connectivity index (χ0) is 23.1. The number of carbonyl (C=O) groups excluding carboxylic acids is 1. The Morgan fingerprint density at radius 3 is 2.28 bits per heavy atom. The van der Waals surface area contributed by atoms with Gasteiger partial charge in [-0.1, -0.05) is 48.5 Å². The molecule has 0 aliphatic heterocycles. The summed E-state index contributed by atoms with van der Waals surface area (Å²) >= 11 is 0. The van der Waals surface area contributed by atoms with E-state index in [2.05, 4.69) is 6.58 Å². The normalized spacial score (nSPS) is 12.1. The summed E-state index contributed by atoms with van der Waals surface area (Å²) in [5, 5.41) is 0. The van der Waals surface area contributed by atoms with Crippen molar-refractivity contribution in [1.29, 1.82) is 0 Å². The Balaban J connectivity index is 1.65. The van der Waals surface area contributed by atoms with Crippen molar-refractivity contribution in [3.63, 3.8) is 0 Å². The summed E-state index contributed by atoms with van der Waals surface area (Å²) in [7, 11) is 1.35. The smallest absolute Gasteiger partial charge is 0.416 e. The van der Waals surface area contributed by atoms with Crippen molar-refractivity contribution >= 4 is 5.97 Å². The van der Waals surface area contributed by atoms with Gasteiger partial charge in [0.25, 0.3) is 0 Å². The van der Waals surface area contributed by atoms with Crippen LogP contribution in [0.4, 0.5) is 13.2 Å². The van der Waals surface area contributed by atoms with Gasteiger partial charge in [-0.25, -0.2) is 0 Å². The lowest BCUT2D eigenvalue weighted by Crippen LogP contribution is -2.06. The topological polar surface area (TPSA) is 35.5 Å². The van der Waals surface area contributed by atoms with Crippen LogP contribution in [0.1, 0.15) is 29.0 Å². The molecule has 32 heavy (non-hydrogen) atoms. The third kappa shape index (κ3) is 6.00. The Kier molecular flexibility index (Phi) is 7.36. The van der Waals surface area contributed by atoms with Crippen LogP contribution in [0.3, 0.4) is 0 Å². The van der Waals surface area contributed by atoms with Gasteiger partial charge in [0, 0.05) is 5.92 Å². The summed E-state index contributed by atoms with van der Waals surface area (Å²) in [6, 6.07) is 20.0. The van der Waals surface area contributed by atoms with E-state index in [0.717, 1.165) is 28.8 Å². The van der Waals surface area contributed by atoms with Gasteiger partial charge in [0.15, 0.2) is 0 Å². The Labute approximate surface area is 185 Å². The molecule has 0 spiro atoms. The molecule has 1 atom stereocenters. The van der Waals surface area contributed by atoms with E-state index < -0.39 is 11.7 Å². The van der Waals surface area contributed by atoms with Crippen molar-refractivity contribution in [2.75, 3.05) is 7.11 Å². The monoisotopic (exact) mass is 440 g/mol. The Bertz CT molecular complexity index is 1050. The van der Waals surface area contributed by atoms with E-state index in [1.807, 2.05) is 48.5 Å². The number of ether oxygens (including phenoxy) is 2. The largest absolute Gasteiger partial charge is 0.489 e. The molecule has 6 heteroatoms. The van der Waals surface area contributed by atoms with Crippen LogP contribution >= 0.6 is 0 Å². The standard InChI is InChI=1S/C26H23F3O3/c1-3-19(16-25(30)31-2)20-9-13-24(14-10-20)32-17-18-5-4-6-22(15-18)21-7-11-23(12-8-21)26(27,28)29/h3-15,19H,1,16-17H2,2H3/t19-/m0/s1. The zero-order valence-electron chi connectivity index (χ0n) is 17.6. The van der Waals surface area contributed by atoms with Crippen LogP contribution in [0.25, 0.3) is 11.1 Å². The van der Waals surface area contributed by atoms with Crippen molar-refractivity contribution in [3.8, 4) is 16.9 Å². The Morgan fingerprint density at radius 2 is 1.69 bits per heavy atom. The molecule has 0 aliphatic rings. The van der Waals surface area contributed by atoms with Gasteiger partial charge in [-0.05, 0) is 52.6 Å². The molecule has 0 saturated carbocycles. The first kappa shape index (κ1) is 23.1. The van der Waals surface area contributed by atoms with Gasteiger partial charge >= 0.3 is 12.1 Å². The molecule has 0 fully saturated rings. The van der Waals surface area contributed by atoms with E-state index in [9.17, 15) is 18.0 Å². The van der Waals surface area contributed by atoms with Crippen LogP contribution in [0, 0.1) is 0 Å².